The second kappa shape index (κ2) is 11.2. The van der Waals surface area contributed by atoms with Crippen LogP contribution in [0.4, 0.5) is 17.6 Å². The number of likely N-dealkylation sites (tertiary alicyclic amines) is 1. The highest BCUT2D eigenvalue weighted by Gasteiger charge is 2.45. The minimum Gasteiger partial charge on any atom is -0.353 e. The van der Waals surface area contributed by atoms with Crippen LogP contribution in [0.1, 0.15) is 51.9 Å². The van der Waals surface area contributed by atoms with Gasteiger partial charge in [-0.2, -0.15) is 13.2 Å². The van der Waals surface area contributed by atoms with Crippen molar-refractivity contribution in [3.05, 3.63) is 23.6 Å². The predicted octanol–water partition coefficient (Wildman–Crippen LogP) is 3.20. The Bertz CT molecular complexity index is 797. The van der Waals surface area contributed by atoms with Crippen molar-refractivity contribution in [2.75, 3.05) is 32.7 Å². The Kier molecular flexibility index (Phi) is 8.78. The molecule has 2 atom stereocenters. The van der Waals surface area contributed by atoms with Gasteiger partial charge < -0.3 is 21.3 Å². The molecule has 1 aliphatic heterocycles. The van der Waals surface area contributed by atoms with Gasteiger partial charge in [0, 0.05) is 31.1 Å². The Balaban J connectivity index is 1.37. The second-order valence-corrected chi connectivity index (χ2v) is 9.98. The van der Waals surface area contributed by atoms with E-state index in [1.807, 2.05) is 0 Å². The lowest BCUT2D eigenvalue weighted by atomic mass is 9.82. The van der Waals surface area contributed by atoms with Crippen molar-refractivity contribution < 1.29 is 27.2 Å². The summed E-state index contributed by atoms with van der Waals surface area (Å²) in [6.45, 7) is 4.49. The fourth-order valence-corrected chi connectivity index (χ4v) is 5.15. The van der Waals surface area contributed by atoms with Crippen molar-refractivity contribution in [1.29, 1.82) is 0 Å². The number of carbonyl (C=O) groups excluding carboxylic acids is 2. The van der Waals surface area contributed by atoms with Gasteiger partial charge >= 0.3 is 6.18 Å². The van der Waals surface area contributed by atoms with Gasteiger partial charge in [-0.05, 0) is 56.8 Å². The molecule has 192 valence electrons. The van der Waals surface area contributed by atoms with Crippen LogP contribution in [-0.4, -0.2) is 61.2 Å². The van der Waals surface area contributed by atoms with E-state index in [2.05, 4.69) is 15.5 Å². The largest absolute Gasteiger partial charge is 0.395 e. The number of allylic oxidation sites excluding steroid dienone is 3. The molecule has 6 nitrogen and oxygen atoms in total. The molecule has 0 aromatic heterocycles. The number of rotatable bonds is 7. The number of alkyl halides is 3. The molecule has 1 saturated carbocycles. The Labute approximate surface area is 198 Å². The maximum atomic E-state index is 13.7. The molecule has 0 bridgehead atoms. The molecule has 1 heterocycles. The molecule has 2 aliphatic carbocycles. The number of nitrogens with two attached hydrogens (primary N) is 1. The van der Waals surface area contributed by atoms with Gasteiger partial charge in [-0.25, -0.2) is 4.39 Å². The molecular weight excluding hydrogens is 452 g/mol. The van der Waals surface area contributed by atoms with Gasteiger partial charge in [-0.1, -0.05) is 26.2 Å². The third-order valence-electron chi connectivity index (χ3n) is 7.47. The fourth-order valence-electron chi connectivity index (χ4n) is 5.15. The number of hydrogen-bond acceptors (Lipinski definition) is 4. The number of amides is 2. The van der Waals surface area contributed by atoms with E-state index in [9.17, 15) is 27.2 Å². The van der Waals surface area contributed by atoms with E-state index in [0.29, 0.717) is 19.2 Å². The molecule has 0 spiro atoms. The summed E-state index contributed by atoms with van der Waals surface area (Å²) >= 11 is 0. The van der Waals surface area contributed by atoms with Crippen molar-refractivity contribution in [3.8, 4) is 0 Å². The number of piperidine rings is 1. The van der Waals surface area contributed by atoms with Crippen LogP contribution < -0.4 is 16.4 Å². The number of halogens is 4. The third kappa shape index (κ3) is 6.81. The fraction of sp³-hybridized carbons (Fsp3) is 0.750. The summed E-state index contributed by atoms with van der Waals surface area (Å²) < 4.78 is 53.2. The molecular formula is C24H36F4N4O2. The highest BCUT2D eigenvalue weighted by Crippen LogP contribution is 2.40. The van der Waals surface area contributed by atoms with Crippen molar-refractivity contribution in [2.45, 2.75) is 63.6 Å². The van der Waals surface area contributed by atoms with E-state index < -0.39 is 35.3 Å². The molecule has 0 aromatic rings. The van der Waals surface area contributed by atoms with Gasteiger partial charge in [0.15, 0.2) is 0 Å². The van der Waals surface area contributed by atoms with Crippen molar-refractivity contribution in [1.82, 2.24) is 15.5 Å². The molecule has 4 N–H and O–H groups in total. The number of hydrogen-bond donors (Lipinski definition) is 3. The van der Waals surface area contributed by atoms with Crippen LogP contribution in [0.5, 0.6) is 0 Å². The zero-order valence-corrected chi connectivity index (χ0v) is 19.7. The lowest BCUT2D eigenvalue weighted by molar-refractivity contribution is -0.170. The quantitative estimate of drug-likeness (QED) is 0.481. The zero-order valence-electron chi connectivity index (χ0n) is 19.7. The second-order valence-electron chi connectivity index (χ2n) is 9.98. The summed E-state index contributed by atoms with van der Waals surface area (Å²) in [5.74, 6) is -4.70. The highest BCUT2D eigenvalue weighted by atomic mass is 19.4. The molecule has 0 aromatic carbocycles. The van der Waals surface area contributed by atoms with Crippen molar-refractivity contribution in [3.63, 3.8) is 0 Å². The third-order valence-corrected chi connectivity index (χ3v) is 7.47. The van der Waals surface area contributed by atoms with Gasteiger partial charge in [0.1, 0.15) is 5.83 Å². The first-order chi connectivity index (χ1) is 16.0. The molecule has 2 unspecified atom stereocenters. The molecule has 1 saturated heterocycles. The van der Waals surface area contributed by atoms with E-state index in [0.717, 1.165) is 70.7 Å². The minimum absolute atomic E-state index is 0.0740. The van der Waals surface area contributed by atoms with Crippen LogP contribution in [0, 0.1) is 17.8 Å². The molecule has 0 radical (unpaired) electrons. The average molecular weight is 489 g/mol. The van der Waals surface area contributed by atoms with E-state index >= 15 is 0 Å². The first kappa shape index (κ1) is 26.7. The van der Waals surface area contributed by atoms with E-state index in [1.54, 1.807) is 0 Å². The van der Waals surface area contributed by atoms with Crippen LogP contribution >= 0.6 is 0 Å². The van der Waals surface area contributed by atoms with E-state index in [-0.39, 0.29) is 17.4 Å². The molecule has 34 heavy (non-hydrogen) atoms. The minimum atomic E-state index is -4.61. The first-order valence-electron chi connectivity index (χ1n) is 12.2. The Hall–Kier alpha value is -1.94. The highest BCUT2D eigenvalue weighted by molar-refractivity contribution is 5.94. The Morgan fingerprint density at radius 3 is 2.41 bits per heavy atom. The normalized spacial score (nSPS) is 26.4. The Morgan fingerprint density at radius 1 is 1.15 bits per heavy atom. The molecule has 3 aliphatic rings. The number of nitrogens with one attached hydrogen (secondary N) is 2. The van der Waals surface area contributed by atoms with Gasteiger partial charge in [-0.3, -0.25) is 9.59 Å². The van der Waals surface area contributed by atoms with Gasteiger partial charge in [0.25, 0.3) is 0 Å². The van der Waals surface area contributed by atoms with Crippen LogP contribution in [0.2, 0.25) is 0 Å². The summed E-state index contributed by atoms with van der Waals surface area (Å²) in [6.07, 6.45) is 3.02. The summed E-state index contributed by atoms with van der Waals surface area (Å²) in [5.41, 5.74) is 5.34. The molecule has 10 heteroatoms. The smallest absolute Gasteiger partial charge is 0.353 e. The topological polar surface area (TPSA) is 87.5 Å². The van der Waals surface area contributed by atoms with Gasteiger partial charge in [-0.15, -0.1) is 0 Å². The van der Waals surface area contributed by atoms with Crippen molar-refractivity contribution >= 4 is 11.8 Å². The first-order valence-corrected chi connectivity index (χ1v) is 12.2. The van der Waals surface area contributed by atoms with Crippen LogP contribution in [0.25, 0.3) is 0 Å². The van der Waals surface area contributed by atoms with Crippen LogP contribution in [0.15, 0.2) is 23.6 Å². The average Bonchev–Trinajstić information content (AvgIpc) is 2.79. The monoisotopic (exact) mass is 488 g/mol. The number of nitrogens with zero attached hydrogens (tertiary/aromatic N) is 1. The van der Waals surface area contributed by atoms with Gasteiger partial charge in [0.2, 0.25) is 11.8 Å². The standard InChI is InChI=1S/C24H36F4N4O2/c1-16-19(13-18(25)14-20(16)24(26,27)28)21(33)31-15-17-5-10-32(11-6-17)12-9-30-22(34)23(29)7-3-2-4-8-23/h13-14,16-17,20H,2-12,15,29H2,1H3,(H,30,34)(H,31,33). The maximum absolute atomic E-state index is 13.7. The predicted molar refractivity (Wildman–Crippen MR) is 121 cm³/mol. The van der Waals surface area contributed by atoms with Crippen LogP contribution in [0.3, 0.4) is 0 Å². The Morgan fingerprint density at radius 2 is 1.79 bits per heavy atom. The molecule has 3 rings (SSSR count). The van der Waals surface area contributed by atoms with Crippen molar-refractivity contribution in [2.24, 2.45) is 23.5 Å². The van der Waals surface area contributed by atoms with Crippen LogP contribution in [-0.2, 0) is 9.59 Å². The molecule has 2 amide bonds. The lowest BCUT2D eigenvalue weighted by Crippen LogP contribution is -2.56. The summed E-state index contributed by atoms with van der Waals surface area (Å²) in [4.78, 5) is 27.2. The van der Waals surface area contributed by atoms with E-state index in [4.69, 9.17) is 5.73 Å². The summed E-state index contributed by atoms with van der Waals surface area (Å²) in [6, 6.07) is 0. The SMILES string of the molecule is CC1C(C(=O)NCC2CCN(CCNC(=O)C3(N)CCCCC3)CC2)=CC(F)=CC1C(F)(F)F. The lowest BCUT2D eigenvalue weighted by Gasteiger charge is -2.34. The summed E-state index contributed by atoms with van der Waals surface area (Å²) in [7, 11) is 0. The molecule has 2 fully saturated rings. The maximum Gasteiger partial charge on any atom is 0.395 e. The number of carbonyl (C=O) groups is 2. The summed E-state index contributed by atoms with van der Waals surface area (Å²) in [5, 5.41) is 5.67. The van der Waals surface area contributed by atoms with E-state index in [1.165, 1.54) is 6.92 Å². The van der Waals surface area contributed by atoms with Gasteiger partial charge in [0.05, 0.1) is 11.5 Å². The zero-order chi connectivity index (χ0) is 24.9.